The Kier molecular flexibility index (Phi) is 7.88. The van der Waals surface area contributed by atoms with Crippen molar-refractivity contribution in [1.29, 1.82) is 0 Å². The topological polar surface area (TPSA) is 110 Å². The standard InChI is InChI=1S/C31H39N5O3S/c1-18-3-5-23(20-4-6-27-26(14-20)35-31(40-27)19-7-10-36(2)11-8-19)25(13-18)28(37)30(38)34-22-15-24(29(32)33-16-22)21-9-12-39-17-21/h4,6,14-16,18-19,21,23,25H,3,5,7-13,17H2,1-2H3,(H2,32,33)(H,34,38)/t18-,21?,23?,25?/m0/s1. The van der Waals surface area contributed by atoms with Crippen molar-refractivity contribution < 1.29 is 14.3 Å². The third-order valence-electron chi connectivity index (χ3n) is 9.17. The number of likely N-dealkylation sites (tertiary alicyclic amines) is 1. The number of thiazole rings is 1. The summed E-state index contributed by atoms with van der Waals surface area (Å²) in [7, 11) is 2.18. The molecule has 4 heterocycles. The number of Topliss-reactive ketones (excluding diaryl/α,β-unsaturated/α-hetero) is 1. The number of nitrogens with two attached hydrogens (primary N) is 1. The monoisotopic (exact) mass is 561 g/mol. The molecule has 40 heavy (non-hydrogen) atoms. The molecule has 4 atom stereocenters. The number of nitrogens with zero attached hydrogens (tertiary/aromatic N) is 3. The van der Waals surface area contributed by atoms with Gasteiger partial charge >= 0.3 is 0 Å². The maximum Gasteiger partial charge on any atom is 0.292 e. The molecule has 0 spiro atoms. The number of ether oxygens (including phenoxy) is 1. The number of ketones is 1. The molecule has 212 valence electrons. The Morgan fingerprint density at radius 3 is 2.70 bits per heavy atom. The van der Waals surface area contributed by atoms with Gasteiger partial charge in [-0.2, -0.15) is 0 Å². The second-order valence-electron chi connectivity index (χ2n) is 12.1. The highest BCUT2D eigenvalue weighted by Crippen LogP contribution is 2.43. The number of rotatable bonds is 6. The zero-order valence-electron chi connectivity index (χ0n) is 23.4. The van der Waals surface area contributed by atoms with Crippen LogP contribution in [0.4, 0.5) is 11.5 Å². The number of hydrogen-bond donors (Lipinski definition) is 2. The second kappa shape index (κ2) is 11.5. The van der Waals surface area contributed by atoms with E-state index in [1.807, 2.05) is 6.07 Å². The summed E-state index contributed by atoms with van der Waals surface area (Å²) in [6, 6.07) is 8.32. The molecule has 2 aromatic heterocycles. The SMILES string of the molecule is C[C@H]1CCC(c2ccc3sc(C4CCN(C)CC4)nc3c2)C(C(=O)C(=O)Nc2cnc(N)c(C3CCOC3)c2)C1. The van der Waals surface area contributed by atoms with Crippen molar-refractivity contribution in [3.05, 3.63) is 46.6 Å². The molecule has 0 radical (unpaired) electrons. The number of fused-ring (bicyclic) bond motifs is 1. The van der Waals surface area contributed by atoms with E-state index in [4.69, 9.17) is 15.5 Å². The quantitative estimate of drug-likeness (QED) is 0.392. The Hall–Kier alpha value is -2.88. The number of amides is 1. The summed E-state index contributed by atoms with van der Waals surface area (Å²) >= 11 is 1.80. The van der Waals surface area contributed by atoms with Gasteiger partial charge in [0.05, 0.1) is 33.7 Å². The molecule has 2 saturated heterocycles. The van der Waals surface area contributed by atoms with Gasteiger partial charge in [-0.25, -0.2) is 9.97 Å². The molecular formula is C31H39N5O3S. The first-order chi connectivity index (χ1) is 19.4. The summed E-state index contributed by atoms with van der Waals surface area (Å²) in [5.74, 6) is 0.217. The Morgan fingerprint density at radius 2 is 1.93 bits per heavy atom. The van der Waals surface area contributed by atoms with Gasteiger partial charge in [0.2, 0.25) is 5.78 Å². The fourth-order valence-corrected chi connectivity index (χ4v) is 7.84. The number of anilines is 2. The van der Waals surface area contributed by atoms with Crippen molar-refractivity contribution in [3.8, 4) is 0 Å². The molecule has 3 N–H and O–H groups in total. The molecule has 3 aromatic rings. The number of nitrogens with one attached hydrogen (secondary N) is 1. The highest BCUT2D eigenvalue weighted by atomic mass is 32.1. The highest BCUT2D eigenvalue weighted by Gasteiger charge is 2.38. The zero-order chi connectivity index (χ0) is 27.8. The fraction of sp³-hybridized carbons (Fsp3) is 0.548. The molecule has 1 saturated carbocycles. The minimum absolute atomic E-state index is 0.00284. The first-order valence-electron chi connectivity index (χ1n) is 14.6. The van der Waals surface area contributed by atoms with Crippen LogP contribution in [0.15, 0.2) is 30.5 Å². The van der Waals surface area contributed by atoms with Crippen LogP contribution < -0.4 is 11.1 Å². The lowest BCUT2D eigenvalue weighted by Crippen LogP contribution is -2.36. The first kappa shape index (κ1) is 27.3. The molecule has 3 unspecified atom stereocenters. The minimum Gasteiger partial charge on any atom is -0.383 e. The molecule has 1 amide bonds. The molecule has 0 bridgehead atoms. The Labute approximate surface area is 239 Å². The van der Waals surface area contributed by atoms with Crippen LogP contribution in [0.3, 0.4) is 0 Å². The lowest BCUT2D eigenvalue weighted by Gasteiger charge is -2.34. The number of piperidine rings is 1. The largest absolute Gasteiger partial charge is 0.383 e. The van der Waals surface area contributed by atoms with Gasteiger partial charge in [0.25, 0.3) is 5.91 Å². The third-order valence-corrected chi connectivity index (χ3v) is 10.4. The van der Waals surface area contributed by atoms with Crippen molar-refractivity contribution in [2.24, 2.45) is 11.8 Å². The summed E-state index contributed by atoms with van der Waals surface area (Å²) in [4.78, 5) is 38.6. The fourth-order valence-electron chi connectivity index (χ4n) is 6.72. The second-order valence-corrected chi connectivity index (χ2v) is 13.1. The molecule has 1 aromatic carbocycles. The van der Waals surface area contributed by atoms with E-state index in [-0.39, 0.29) is 23.5 Å². The van der Waals surface area contributed by atoms with Crippen LogP contribution in [-0.2, 0) is 14.3 Å². The lowest BCUT2D eigenvalue weighted by atomic mass is 9.70. The Balaban J connectivity index is 1.20. The number of hydrogen-bond acceptors (Lipinski definition) is 8. The van der Waals surface area contributed by atoms with Crippen molar-refractivity contribution >= 4 is 44.7 Å². The van der Waals surface area contributed by atoms with E-state index in [9.17, 15) is 9.59 Å². The molecule has 2 aliphatic heterocycles. The Morgan fingerprint density at radius 1 is 1.10 bits per heavy atom. The van der Waals surface area contributed by atoms with Gasteiger partial charge in [-0.3, -0.25) is 9.59 Å². The zero-order valence-corrected chi connectivity index (χ0v) is 24.2. The molecule has 8 nitrogen and oxygen atoms in total. The number of pyridine rings is 1. The van der Waals surface area contributed by atoms with Crippen molar-refractivity contribution in [2.75, 3.05) is 44.4 Å². The van der Waals surface area contributed by atoms with Crippen molar-refractivity contribution in [1.82, 2.24) is 14.9 Å². The summed E-state index contributed by atoms with van der Waals surface area (Å²) in [6.07, 6.45) is 7.32. The predicted molar refractivity (Wildman–Crippen MR) is 159 cm³/mol. The molecular weight excluding hydrogens is 522 g/mol. The summed E-state index contributed by atoms with van der Waals surface area (Å²) in [5, 5.41) is 4.05. The maximum absolute atomic E-state index is 13.6. The van der Waals surface area contributed by atoms with Gasteiger partial charge in [0, 0.05) is 29.9 Å². The molecule has 6 rings (SSSR count). The van der Waals surface area contributed by atoms with Gasteiger partial charge in [-0.1, -0.05) is 19.4 Å². The summed E-state index contributed by atoms with van der Waals surface area (Å²) < 4.78 is 6.70. The molecule has 3 aliphatic rings. The number of carbonyl (C=O) groups excluding carboxylic acids is 2. The van der Waals surface area contributed by atoms with E-state index in [1.165, 1.54) is 15.9 Å². The van der Waals surface area contributed by atoms with Crippen molar-refractivity contribution in [2.45, 2.75) is 63.2 Å². The van der Waals surface area contributed by atoms with Crippen LogP contribution in [0.5, 0.6) is 0 Å². The smallest absolute Gasteiger partial charge is 0.292 e. The highest BCUT2D eigenvalue weighted by molar-refractivity contribution is 7.18. The third kappa shape index (κ3) is 5.64. The van der Waals surface area contributed by atoms with Crippen LogP contribution in [-0.4, -0.2) is 59.9 Å². The predicted octanol–water partition coefficient (Wildman–Crippen LogP) is 5.31. The number of nitrogen functional groups attached to an aromatic ring is 1. The van der Waals surface area contributed by atoms with E-state index < -0.39 is 5.91 Å². The maximum atomic E-state index is 13.6. The average molecular weight is 562 g/mol. The molecule has 9 heteroatoms. The van der Waals surface area contributed by atoms with Gasteiger partial charge < -0.3 is 20.7 Å². The van der Waals surface area contributed by atoms with Gasteiger partial charge in [-0.15, -0.1) is 11.3 Å². The van der Waals surface area contributed by atoms with Gasteiger partial charge in [0.1, 0.15) is 5.82 Å². The summed E-state index contributed by atoms with van der Waals surface area (Å²) in [6.45, 7) is 5.67. The van der Waals surface area contributed by atoms with Gasteiger partial charge in [0.15, 0.2) is 0 Å². The first-order valence-corrected chi connectivity index (χ1v) is 15.4. The van der Waals surface area contributed by atoms with E-state index in [2.05, 4.69) is 47.4 Å². The van der Waals surface area contributed by atoms with E-state index >= 15 is 0 Å². The molecule has 3 fully saturated rings. The molecule has 1 aliphatic carbocycles. The summed E-state index contributed by atoms with van der Waals surface area (Å²) in [5.41, 5.74) is 9.61. The van der Waals surface area contributed by atoms with Crippen molar-refractivity contribution in [3.63, 3.8) is 0 Å². The normalized spacial score (nSPS) is 26.2. The number of benzene rings is 1. The minimum atomic E-state index is -0.580. The van der Waals surface area contributed by atoms with E-state index in [0.717, 1.165) is 61.8 Å². The lowest BCUT2D eigenvalue weighted by molar-refractivity contribution is -0.138. The van der Waals surface area contributed by atoms with Gasteiger partial charge in [-0.05, 0) is 87.8 Å². The van der Waals surface area contributed by atoms with E-state index in [1.54, 1.807) is 11.3 Å². The van der Waals surface area contributed by atoms with Crippen LogP contribution >= 0.6 is 11.3 Å². The number of carbonyl (C=O) groups is 2. The van der Waals surface area contributed by atoms with Crippen LogP contribution in [0.25, 0.3) is 10.2 Å². The van der Waals surface area contributed by atoms with E-state index in [0.29, 0.717) is 43.0 Å². The average Bonchev–Trinajstić information content (AvgIpc) is 3.64. The Bertz CT molecular complexity index is 1390. The number of aromatic nitrogens is 2. The van der Waals surface area contributed by atoms with Crippen LogP contribution in [0.2, 0.25) is 0 Å². The van der Waals surface area contributed by atoms with Crippen LogP contribution in [0.1, 0.15) is 79.3 Å². The van der Waals surface area contributed by atoms with Crippen LogP contribution in [0, 0.1) is 11.8 Å².